The number of amides is 1. The summed E-state index contributed by atoms with van der Waals surface area (Å²) in [5.74, 6) is 0.589. The number of hydrogen-bond donors (Lipinski definition) is 1. The minimum absolute atomic E-state index is 0.101. The normalized spacial score (nSPS) is 20.7. The number of nitrogens with one attached hydrogen (secondary N) is 1. The van der Waals surface area contributed by atoms with Crippen LogP contribution in [0.5, 0.6) is 0 Å². The van der Waals surface area contributed by atoms with Gasteiger partial charge >= 0.3 is 0 Å². The van der Waals surface area contributed by atoms with Gasteiger partial charge in [-0.05, 0) is 94.4 Å². The molecule has 2 fully saturated rings. The van der Waals surface area contributed by atoms with Crippen LogP contribution < -0.4 is 5.32 Å². The van der Waals surface area contributed by atoms with Crippen LogP contribution >= 0.6 is 0 Å². The number of oxazole rings is 1. The number of carbonyl (C=O) groups excluding carboxylic acids is 1. The van der Waals surface area contributed by atoms with Crippen molar-refractivity contribution in [1.82, 2.24) is 20.2 Å². The molecule has 0 spiro atoms. The highest BCUT2D eigenvalue weighted by Crippen LogP contribution is 2.32. The number of hydrogen-bond acceptors (Lipinski definition) is 7. The van der Waals surface area contributed by atoms with Crippen LogP contribution in [-0.2, 0) is 22.1 Å². The topological polar surface area (TPSA) is 105 Å². The average molecular weight is 523 g/mol. The van der Waals surface area contributed by atoms with E-state index in [9.17, 15) is 13.2 Å². The highest BCUT2D eigenvalue weighted by atomic mass is 32.2. The van der Waals surface area contributed by atoms with E-state index in [4.69, 9.17) is 4.42 Å². The van der Waals surface area contributed by atoms with Gasteiger partial charge in [0.1, 0.15) is 5.76 Å². The predicted molar refractivity (Wildman–Crippen MR) is 142 cm³/mol. The second-order valence-corrected chi connectivity index (χ2v) is 12.4. The molecule has 196 valence electrons. The van der Waals surface area contributed by atoms with Crippen molar-refractivity contribution in [1.29, 1.82) is 0 Å². The van der Waals surface area contributed by atoms with Gasteiger partial charge in [-0.3, -0.25) is 9.78 Å². The van der Waals surface area contributed by atoms with Gasteiger partial charge in [0.25, 0.3) is 5.91 Å². The van der Waals surface area contributed by atoms with Crippen molar-refractivity contribution in [3.8, 4) is 11.5 Å². The highest BCUT2D eigenvalue weighted by molar-refractivity contribution is 7.91. The fourth-order valence-electron chi connectivity index (χ4n) is 5.42. The Bertz CT molecular complexity index is 1310. The Kier molecular flexibility index (Phi) is 7.71. The second kappa shape index (κ2) is 11.1. The van der Waals surface area contributed by atoms with Crippen molar-refractivity contribution in [3.05, 3.63) is 71.4 Å². The molecule has 0 bridgehead atoms. The van der Waals surface area contributed by atoms with E-state index >= 15 is 0 Å². The standard InChI is InChI=1S/C28H34N4O4S/c1-20-26(19-37(34,35)25-12-10-24(11-13-25)32-15-2-3-16-32)31-28(36-20)23-8-6-22(7-9-23)27(33)30-18-21-5-4-14-29-17-21/h4-9,14,17,24-25H,2-3,10-13,15-16,18-19H2,1H3,(H,30,33). The molecule has 1 N–H and O–H groups in total. The molecular weight excluding hydrogens is 488 g/mol. The maximum absolute atomic E-state index is 13.2. The zero-order valence-electron chi connectivity index (χ0n) is 21.2. The SMILES string of the molecule is Cc1oc(-c2ccc(C(=O)NCc3cccnc3)cc2)nc1CS(=O)(=O)C1CCC(N2CCCC2)CC1. The van der Waals surface area contributed by atoms with Crippen molar-refractivity contribution >= 4 is 15.7 Å². The van der Waals surface area contributed by atoms with Gasteiger partial charge in [-0.1, -0.05) is 6.07 Å². The molecule has 5 rings (SSSR count). The van der Waals surface area contributed by atoms with Crippen LogP contribution in [0.25, 0.3) is 11.5 Å². The maximum atomic E-state index is 13.2. The third kappa shape index (κ3) is 6.10. The van der Waals surface area contributed by atoms with E-state index in [2.05, 4.69) is 20.2 Å². The monoisotopic (exact) mass is 522 g/mol. The summed E-state index contributed by atoms with van der Waals surface area (Å²) in [6, 6.07) is 11.2. The molecule has 0 atom stereocenters. The van der Waals surface area contributed by atoms with Gasteiger partial charge < -0.3 is 14.6 Å². The number of rotatable bonds is 8. The Morgan fingerprint density at radius 1 is 1.08 bits per heavy atom. The minimum atomic E-state index is -3.32. The second-order valence-electron chi connectivity index (χ2n) is 10.1. The summed E-state index contributed by atoms with van der Waals surface area (Å²) in [6.45, 7) is 4.46. The predicted octanol–water partition coefficient (Wildman–Crippen LogP) is 4.30. The number of pyridine rings is 1. The number of likely N-dealkylation sites (tertiary alicyclic amines) is 1. The minimum Gasteiger partial charge on any atom is -0.441 e. The van der Waals surface area contributed by atoms with Crippen LogP contribution in [0.4, 0.5) is 0 Å². The van der Waals surface area contributed by atoms with E-state index in [1.165, 1.54) is 12.8 Å². The zero-order chi connectivity index (χ0) is 25.8. The summed E-state index contributed by atoms with van der Waals surface area (Å²) < 4.78 is 32.3. The van der Waals surface area contributed by atoms with Gasteiger partial charge in [-0.15, -0.1) is 0 Å². The quantitative estimate of drug-likeness (QED) is 0.470. The largest absolute Gasteiger partial charge is 0.441 e. The molecule has 0 radical (unpaired) electrons. The maximum Gasteiger partial charge on any atom is 0.251 e. The first kappa shape index (κ1) is 25.6. The van der Waals surface area contributed by atoms with Crippen molar-refractivity contribution in [3.63, 3.8) is 0 Å². The molecule has 2 aliphatic rings. The van der Waals surface area contributed by atoms with Crippen LogP contribution in [-0.4, -0.2) is 53.6 Å². The van der Waals surface area contributed by atoms with Gasteiger partial charge in [0, 0.05) is 36.1 Å². The molecular formula is C28H34N4O4S. The Labute approximate surface area is 218 Å². The molecule has 2 aromatic heterocycles. The molecule has 3 heterocycles. The zero-order valence-corrected chi connectivity index (χ0v) is 22.0. The first-order chi connectivity index (χ1) is 17.9. The molecule has 3 aromatic rings. The summed E-state index contributed by atoms with van der Waals surface area (Å²) in [5, 5.41) is 2.57. The molecule has 1 saturated heterocycles. The van der Waals surface area contributed by atoms with Crippen LogP contribution in [0.1, 0.15) is 65.9 Å². The van der Waals surface area contributed by atoms with Gasteiger partial charge in [-0.25, -0.2) is 13.4 Å². The first-order valence-electron chi connectivity index (χ1n) is 13.1. The van der Waals surface area contributed by atoms with E-state index in [0.717, 1.165) is 44.3 Å². The lowest BCUT2D eigenvalue weighted by atomic mass is 9.94. The third-order valence-electron chi connectivity index (χ3n) is 7.61. The molecule has 0 unspecified atom stereocenters. The summed E-state index contributed by atoms with van der Waals surface area (Å²) in [7, 11) is -3.32. The van der Waals surface area contributed by atoms with Crippen molar-refractivity contribution < 1.29 is 17.6 Å². The molecule has 1 aliphatic heterocycles. The van der Waals surface area contributed by atoms with E-state index in [1.807, 2.05) is 12.1 Å². The number of sulfone groups is 1. The summed E-state index contributed by atoms with van der Waals surface area (Å²) >= 11 is 0. The van der Waals surface area contributed by atoms with E-state index in [1.54, 1.807) is 43.6 Å². The smallest absolute Gasteiger partial charge is 0.251 e. The molecule has 8 nitrogen and oxygen atoms in total. The van der Waals surface area contributed by atoms with Crippen molar-refractivity contribution in [2.24, 2.45) is 0 Å². The Morgan fingerprint density at radius 3 is 2.49 bits per heavy atom. The lowest BCUT2D eigenvalue weighted by molar-refractivity contribution is 0.0951. The van der Waals surface area contributed by atoms with Crippen molar-refractivity contribution in [2.75, 3.05) is 13.1 Å². The first-order valence-corrected chi connectivity index (χ1v) is 14.8. The highest BCUT2D eigenvalue weighted by Gasteiger charge is 2.34. The van der Waals surface area contributed by atoms with Crippen LogP contribution in [0.15, 0.2) is 53.2 Å². The van der Waals surface area contributed by atoms with Gasteiger partial charge in [0.2, 0.25) is 5.89 Å². The Morgan fingerprint density at radius 2 is 1.81 bits per heavy atom. The van der Waals surface area contributed by atoms with Gasteiger partial charge in [0.15, 0.2) is 9.84 Å². The molecule has 9 heteroatoms. The van der Waals surface area contributed by atoms with E-state index < -0.39 is 9.84 Å². The molecule has 37 heavy (non-hydrogen) atoms. The molecule has 1 aromatic carbocycles. The van der Waals surface area contributed by atoms with Crippen LogP contribution in [0.3, 0.4) is 0 Å². The van der Waals surface area contributed by atoms with Gasteiger partial charge in [-0.2, -0.15) is 0 Å². The number of aryl methyl sites for hydroxylation is 1. The lowest BCUT2D eigenvalue weighted by Gasteiger charge is -2.34. The number of nitrogens with zero attached hydrogens (tertiary/aromatic N) is 3. The van der Waals surface area contributed by atoms with E-state index in [-0.39, 0.29) is 16.9 Å². The fraction of sp³-hybridized carbons (Fsp3) is 0.464. The van der Waals surface area contributed by atoms with Crippen molar-refractivity contribution in [2.45, 2.75) is 69.0 Å². The van der Waals surface area contributed by atoms with Gasteiger partial charge in [0.05, 0.1) is 16.7 Å². The summed E-state index contributed by atoms with van der Waals surface area (Å²) in [6.07, 6.45) is 9.27. The third-order valence-corrected chi connectivity index (χ3v) is 9.77. The Balaban J connectivity index is 1.19. The number of benzene rings is 1. The molecule has 1 amide bonds. The molecule has 1 aliphatic carbocycles. The van der Waals surface area contributed by atoms with E-state index in [0.29, 0.717) is 41.1 Å². The lowest BCUT2D eigenvalue weighted by Crippen LogP contribution is -2.39. The average Bonchev–Trinajstić information content (AvgIpc) is 3.58. The summed E-state index contributed by atoms with van der Waals surface area (Å²) in [5.41, 5.74) is 2.60. The van der Waals surface area contributed by atoms with Crippen LogP contribution in [0.2, 0.25) is 0 Å². The fourth-order valence-corrected chi connectivity index (χ4v) is 7.30. The molecule has 1 saturated carbocycles. The van der Waals surface area contributed by atoms with Crippen LogP contribution in [0, 0.1) is 6.92 Å². The Hall–Kier alpha value is -3.04. The number of aromatic nitrogens is 2. The number of carbonyl (C=O) groups is 1. The summed E-state index contributed by atoms with van der Waals surface area (Å²) in [4.78, 5) is 23.6.